The zero-order valence-corrected chi connectivity index (χ0v) is 6.11. The number of nitrogens with one attached hydrogen (secondary N) is 1. The van der Waals surface area contributed by atoms with Gasteiger partial charge in [0.15, 0.2) is 0 Å². The molecule has 0 aromatic heterocycles. The predicted octanol–water partition coefficient (Wildman–Crippen LogP) is 1.54. The minimum atomic E-state index is 0.764. The molecule has 1 spiro atoms. The molecule has 0 bridgehead atoms. The van der Waals surface area contributed by atoms with Crippen molar-refractivity contribution < 1.29 is 0 Å². The van der Waals surface area contributed by atoms with Gasteiger partial charge in [0.05, 0.1) is 0 Å². The van der Waals surface area contributed by atoms with Crippen molar-refractivity contribution in [3.05, 3.63) is 0 Å². The molecule has 2 fully saturated rings. The molecule has 0 aromatic rings. The van der Waals surface area contributed by atoms with Crippen LogP contribution in [0.4, 0.5) is 0 Å². The van der Waals surface area contributed by atoms with Gasteiger partial charge in [-0.05, 0) is 38.1 Å². The number of hydrogen-bond acceptors (Lipinski definition) is 1. The van der Waals surface area contributed by atoms with Gasteiger partial charge in [-0.25, -0.2) is 0 Å². The molecule has 1 aliphatic carbocycles. The normalized spacial score (nSPS) is 39.0. The summed E-state index contributed by atoms with van der Waals surface area (Å²) in [7, 11) is 0. The minimum absolute atomic E-state index is 0.764. The fraction of sp³-hybridized carbons (Fsp3) is 1.00. The summed E-state index contributed by atoms with van der Waals surface area (Å²) >= 11 is 0. The second kappa shape index (κ2) is 1.72. The van der Waals surface area contributed by atoms with Gasteiger partial charge in [-0.2, -0.15) is 0 Å². The number of hydrogen-bond donors (Lipinski definition) is 1. The van der Waals surface area contributed by atoms with E-state index in [4.69, 9.17) is 0 Å². The molecule has 9 heavy (non-hydrogen) atoms. The molecule has 1 nitrogen and oxygen atoms in total. The molecule has 1 heterocycles. The van der Waals surface area contributed by atoms with Crippen molar-refractivity contribution in [2.24, 2.45) is 5.41 Å². The van der Waals surface area contributed by atoms with Crippen molar-refractivity contribution >= 4 is 0 Å². The lowest BCUT2D eigenvalue weighted by atomic mass is 9.64. The first-order valence-electron chi connectivity index (χ1n) is 4.07. The topological polar surface area (TPSA) is 12.0 Å². The second-order valence-electron chi connectivity index (χ2n) is 3.64. The second-order valence-corrected chi connectivity index (χ2v) is 3.64. The Labute approximate surface area is 56.8 Å². The lowest BCUT2D eigenvalue weighted by Crippen LogP contribution is -2.39. The smallest absolute Gasteiger partial charge is 0.00956 e. The van der Waals surface area contributed by atoms with Gasteiger partial charge in [0, 0.05) is 6.04 Å². The highest BCUT2D eigenvalue weighted by molar-refractivity contribution is 4.99. The molecule has 2 aliphatic rings. The molecular weight excluding hydrogens is 110 g/mol. The van der Waals surface area contributed by atoms with Gasteiger partial charge < -0.3 is 5.32 Å². The summed E-state index contributed by atoms with van der Waals surface area (Å²) in [5.74, 6) is 0. The van der Waals surface area contributed by atoms with Crippen molar-refractivity contribution in [2.45, 2.75) is 38.6 Å². The summed E-state index contributed by atoms with van der Waals surface area (Å²) in [4.78, 5) is 0. The zero-order chi connectivity index (χ0) is 6.32. The molecule has 2 rings (SSSR count). The van der Waals surface area contributed by atoms with E-state index in [9.17, 15) is 0 Å². The fourth-order valence-corrected chi connectivity index (χ4v) is 2.28. The molecule has 0 aromatic carbocycles. The van der Waals surface area contributed by atoms with Crippen LogP contribution in [0, 0.1) is 5.41 Å². The Morgan fingerprint density at radius 1 is 1.33 bits per heavy atom. The summed E-state index contributed by atoms with van der Waals surface area (Å²) in [6.45, 7) is 3.60. The third kappa shape index (κ3) is 0.644. The van der Waals surface area contributed by atoms with Crippen LogP contribution in [0.3, 0.4) is 0 Å². The Bertz CT molecular complexity index is 116. The van der Waals surface area contributed by atoms with Crippen LogP contribution in [0.2, 0.25) is 0 Å². The number of rotatable bonds is 0. The van der Waals surface area contributed by atoms with Crippen LogP contribution in [0.1, 0.15) is 32.6 Å². The van der Waals surface area contributed by atoms with Crippen LogP contribution in [0.15, 0.2) is 0 Å². The van der Waals surface area contributed by atoms with E-state index in [-0.39, 0.29) is 0 Å². The fourth-order valence-electron chi connectivity index (χ4n) is 2.28. The first-order valence-corrected chi connectivity index (χ1v) is 4.07. The maximum Gasteiger partial charge on any atom is 0.00956 e. The van der Waals surface area contributed by atoms with Gasteiger partial charge in [0.25, 0.3) is 0 Å². The zero-order valence-electron chi connectivity index (χ0n) is 6.11. The van der Waals surface area contributed by atoms with E-state index in [1.807, 2.05) is 0 Å². The van der Waals surface area contributed by atoms with E-state index in [2.05, 4.69) is 12.2 Å². The SMILES string of the molecule is C[C@H]1NCCC12CCC2. The van der Waals surface area contributed by atoms with Crippen molar-refractivity contribution in [1.82, 2.24) is 5.32 Å². The average molecular weight is 125 g/mol. The van der Waals surface area contributed by atoms with Crippen LogP contribution in [0.25, 0.3) is 0 Å². The Balaban J connectivity index is 2.09. The molecule has 0 radical (unpaired) electrons. The Morgan fingerprint density at radius 3 is 2.33 bits per heavy atom. The molecule has 1 N–H and O–H groups in total. The van der Waals surface area contributed by atoms with Gasteiger partial charge in [-0.1, -0.05) is 6.42 Å². The largest absolute Gasteiger partial charge is 0.314 e. The third-order valence-corrected chi connectivity index (χ3v) is 3.34. The first kappa shape index (κ1) is 5.72. The maximum atomic E-state index is 3.51. The Morgan fingerprint density at radius 2 is 2.11 bits per heavy atom. The quantitative estimate of drug-likeness (QED) is 0.518. The van der Waals surface area contributed by atoms with Gasteiger partial charge in [0.2, 0.25) is 0 Å². The van der Waals surface area contributed by atoms with E-state index in [0.717, 1.165) is 11.5 Å². The highest BCUT2D eigenvalue weighted by atomic mass is 15.0. The predicted molar refractivity (Wildman–Crippen MR) is 38.4 cm³/mol. The maximum absolute atomic E-state index is 3.51. The Hall–Kier alpha value is -0.0400. The van der Waals surface area contributed by atoms with Crippen LogP contribution < -0.4 is 5.32 Å². The molecule has 1 saturated heterocycles. The van der Waals surface area contributed by atoms with E-state index < -0.39 is 0 Å². The summed E-state index contributed by atoms with van der Waals surface area (Å²) in [5, 5.41) is 3.51. The van der Waals surface area contributed by atoms with E-state index in [1.165, 1.54) is 32.2 Å². The molecule has 1 heteroatoms. The van der Waals surface area contributed by atoms with Crippen molar-refractivity contribution in [3.8, 4) is 0 Å². The molecule has 52 valence electrons. The van der Waals surface area contributed by atoms with Crippen LogP contribution in [-0.2, 0) is 0 Å². The van der Waals surface area contributed by atoms with Crippen LogP contribution in [0.5, 0.6) is 0 Å². The molecular formula is C8H15N. The van der Waals surface area contributed by atoms with Gasteiger partial charge in [-0.3, -0.25) is 0 Å². The lowest BCUT2D eigenvalue weighted by Gasteiger charge is -2.41. The van der Waals surface area contributed by atoms with Gasteiger partial charge >= 0.3 is 0 Å². The van der Waals surface area contributed by atoms with Crippen molar-refractivity contribution in [2.75, 3.05) is 6.54 Å². The van der Waals surface area contributed by atoms with Gasteiger partial charge in [0.1, 0.15) is 0 Å². The van der Waals surface area contributed by atoms with Gasteiger partial charge in [-0.15, -0.1) is 0 Å². The first-order chi connectivity index (χ1) is 4.33. The lowest BCUT2D eigenvalue weighted by molar-refractivity contribution is 0.121. The monoisotopic (exact) mass is 125 g/mol. The van der Waals surface area contributed by atoms with E-state index in [1.54, 1.807) is 0 Å². The summed E-state index contributed by atoms with van der Waals surface area (Å²) in [5.41, 5.74) is 0.764. The summed E-state index contributed by atoms with van der Waals surface area (Å²) in [6, 6.07) is 0.811. The van der Waals surface area contributed by atoms with Crippen LogP contribution in [-0.4, -0.2) is 12.6 Å². The average Bonchev–Trinajstić information content (AvgIpc) is 2.07. The molecule has 0 unspecified atom stereocenters. The van der Waals surface area contributed by atoms with Crippen molar-refractivity contribution in [3.63, 3.8) is 0 Å². The Kier molecular flexibility index (Phi) is 1.10. The minimum Gasteiger partial charge on any atom is -0.314 e. The molecule has 1 saturated carbocycles. The molecule has 0 amide bonds. The molecule has 1 aliphatic heterocycles. The standard InChI is InChI=1S/C8H15N/c1-7-8(3-2-4-8)5-6-9-7/h7,9H,2-6H2,1H3/t7-/m1/s1. The summed E-state index contributed by atoms with van der Waals surface area (Å²) in [6.07, 6.45) is 5.89. The van der Waals surface area contributed by atoms with E-state index >= 15 is 0 Å². The highest BCUT2D eigenvalue weighted by Crippen LogP contribution is 2.48. The van der Waals surface area contributed by atoms with E-state index in [0.29, 0.717) is 0 Å². The van der Waals surface area contributed by atoms with Crippen molar-refractivity contribution in [1.29, 1.82) is 0 Å². The highest BCUT2D eigenvalue weighted by Gasteiger charge is 2.44. The molecule has 1 atom stereocenters. The third-order valence-electron chi connectivity index (χ3n) is 3.34. The summed E-state index contributed by atoms with van der Waals surface area (Å²) < 4.78 is 0. The van der Waals surface area contributed by atoms with Crippen LogP contribution >= 0.6 is 0 Å².